The molecule has 4 atom stereocenters. The second-order valence-corrected chi connectivity index (χ2v) is 6.37. The van der Waals surface area contributed by atoms with E-state index in [1.165, 1.54) is 0 Å². The monoisotopic (exact) mass is 358 g/mol. The molecular weight excluding hydrogens is 344 g/mol. The highest BCUT2D eigenvalue weighted by atomic mass is 79.9. The average molecular weight is 360 g/mol. The molecule has 0 aromatic carbocycles. The van der Waals surface area contributed by atoms with Gasteiger partial charge in [-0.3, -0.25) is 0 Å². The lowest BCUT2D eigenvalue weighted by Gasteiger charge is -2.16. The van der Waals surface area contributed by atoms with E-state index in [0.717, 1.165) is 13.2 Å². The Bertz CT molecular complexity index is 187. The van der Waals surface area contributed by atoms with Crippen LogP contribution in [0.4, 0.5) is 0 Å². The SMILES string of the molecule is BrC(COCC1CO1)C(Br)COCC1CO1. The number of hydrogen-bond acceptors (Lipinski definition) is 4. The Balaban J connectivity index is 1.46. The topological polar surface area (TPSA) is 43.5 Å². The predicted octanol–water partition coefficient (Wildman–Crippen LogP) is 1.34. The zero-order chi connectivity index (χ0) is 11.4. The minimum atomic E-state index is 0.256. The molecule has 0 saturated carbocycles. The van der Waals surface area contributed by atoms with Crippen LogP contribution in [0.3, 0.4) is 0 Å². The molecule has 0 aromatic heterocycles. The van der Waals surface area contributed by atoms with Crippen LogP contribution in [0.5, 0.6) is 0 Å². The molecule has 0 amide bonds. The molecule has 6 heteroatoms. The molecule has 2 heterocycles. The number of epoxide rings is 2. The number of hydrogen-bond donors (Lipinski definition) is 0. The number of alkyl halides is 2. The molecule has 2 fully saturated rings. The molecule has 16 heavy (non-hydrogen) atoms. The van der Waals surface area contributed by atoms with Crippen molar-refractivity contribution in [1.82, 2.24) is 0 Å². The van der Waals surface area contributed by atoms with Crippen molar-refractivity contribution in [1.29, 1.82) is 0 Å². The van der Waals surface area contributed by atoms with E-state index in [1.54, 1.807) is 0 Å². The van der Waals surface area contributed by atoms with Crippen molar-refractivity contribution in [3.05, 3.63) is 0 Å². The van der Waals surface area contributed by atoms with Gasteiger partial charge >= 0.3 is 0 Å². The third kappa shape index (κ3) is 5.42. The minimum Gasteiger partial charge on any atom is -0.377 e. The summed E-state index contributed by atoms with van der Waals surface area (Å²) in [5.74, 6) is 0. The van der Waals surface area contributed by atoms with Gasteiger partial charge in [-0.2, -0.15) is 0 Å². The Labute approximate surface area is 112 Å². The maximum Gasteiger partial charge on any atom is 0.104 e. The molecule has 0 spiro atoms. The molecule has 4 unspecified atom stereocenters. The zero-order valence-electron chi connectivity index (χ0n) is 8.94. The lowest BCUT2D eigenvalue weighted by atomic mass is 10.3. The third-order valence-electron chi connectivity index (χ3n) is 2.36. The summed E-state index contributed by atoms with van der Waals surface area (Å²) in [5.41, 5.74) is 0. The second-order valence-electron chi connectivity index (χ2n) is 4.02. The maximum absolute atomic E-state index is 5.50. The van der Waals surface area contributed by atoms with Gasteiger partial charge in [-0.25, -0.2) is 0 Å². The van der Waals surface area contributed by atoms with Crippen LogP contribution in [-0.2, 0) is 18.9 Å². The standard InChI is InChI=1S/C10H16Br2O4/c11-9(5-13-1-7-3-15-7)10(12)6-14-2-8-4-16-8/h7-10H,1-6H2. The Morgan fingerprint density at radius 2 is 1.31 bits per heavy atom. The van der Waals surface area contributed by atoms with Gasteiger partial charge in [0.2, 0.25) is 0 Å². The van der Waals surface area contributed by atoms with Gasteiger partial charge in [0, 0.05) is 0 Å². The molecule has 0 bridgehead atoms. The first kappa shape index (κ1) is 13.2. The first-order valence-corrected chi connectivity index (χ1v) is 7.25. The Kier molecular flexibility index (Phi) is 5.51. The lowest BCUT2D eigenvalue weighted by molar-refractivity contribution is 0.0961. The summed E-state index contributed by atoms with van der Waals surface area (Å²) >= 11 is 7.15. The van der Waals surface area contributed by atoms with E-state index in [4.69, 9.17) is 18.9 Å². The molecule has 2 aliphatic rings. The van der Waals surface area contributed by atoms with E-state index < -0.39 is 0 Å². The molecule has 2 rings (SSSR count). The van der Waals surface area contributed by atoms with Gasteiger partial charge in [0.05, 0.1) is 49.3 Å². The van der Waals surface area contributed by atoms with E-state index >= 15 is 0 Å². The van der Waals surface area contributed by atoms with Crippen molar-refractivity contribution >= 4 is 31.9 Å². The van der Waals surface area contributed by atoms with Crippen molar-refractivity contribution in [3.8, 4) is 0 Å². The van der Waals surface area contributed by atoms with Crippen LogP contribution in [0.15, 0.2) is 0 Å². The van der Waals surface area contributed by atoms with Crippen LogP contribution in [-0.4, -0.2) is 61.5 Å². The van der Waals surface area contributed by atoms with E-state index in [-0.39, 0.29) is 9.65 Å². The summed E-state index contributed by atoms with van der Waals surface area (Å²) in [4.78, 5) is 0.512. The molecule has 4 nitrogen and oxygen atoms in total. The van der Waals surface area contributed by atoms with Crippen molar-refractivity contribution in [2.45, 2.75) is 21.9 Å². The third-order valence-corrected chi connectivity index (χ3v) is 4.87. The fourth-order valence-electron chi connectivity index (χ4n) is 1.16. The highest BCUT2D eigenvalue weighted by molar-refractivity contribution is 9.12. The fraction of sp³-hybridized carbons (Fsp3) is 1.00. The number of halogens is 2. The number of ether oxygens (including phenoxy) is 4. The molecule has 0 aromatic rings. The molecule has 2 saturated heterocycles. The summed E-state index contributed by atoms with van der Waals surface area (Å²) in [6, 6.07) is 0. The number of rotatable bonds is 9. The van der Waals surface area contributed by atoms with Crippen molar-refractivity contribution < 1.29 is 18.9 Å². The van der Waals surface area contributed by atoms with Gasteiger partial charge < -0.3 is 18.9 Å². The molecular formula is C10H16Br2O4. The molecule has 0 radical (unpaired) electrons. The second kappa shape index (κ2) is 6.66. The molecule has 94 valence electrons. The lowest BCUT2D eigenvalue weighted by Crippen LogP contribution is -2.26. The fourth-order valence-corrected chi connectivity index (χ4v) is 1.84. The van der Waals surface area contributed by atoms with E-state index in [9.17, 15) is 0 Å². The zero-order valence-corrected chi connectivity index (χ0v) is 12.1. The quantitative estimate of drug-likeness (QED) is 0.460. The summed E-state index contributed by atoms with van der Waals surface area (Å²) in [7, 11) is 0. The minimum absolute atomic E-state index is 0.256. The largest absolute Gasteiger partial charge is 0.377 e. The first-order chi connectivity index (χ1) is 7.75. The van der Waals surface area contributed by atoms with E-state index in [0.29, 0.717) is 38.6 Å². The van der Waals surface area contributed by atoms with Crippen LogP contribution in [0, 0.1) is 0 Å². The van der Waals surface area contributed by atoms with Crippen molar-refractivity contribution in [2.24, 2.45) is 0 Å². The van der Waals surface area contributed by atoms with Gasteiger partial charge in [-0.15, -0.1) is 0 Å². The normalized spacial score (nSPS) is 31.1. The van der Waals surface area contributed by atoms with Gasteiger partial charge in [-0.05, 0) is 0 Å². The summed E-state index contributed by atoms with van der Waals surface area (Å²) in [6.07, 6.45) is 0.661. The average Bonchev–Trinajstić information content (AvgIpc) is 3.12. The summed E-state index contributed by atoms with van der Waals surface area (Å²) in [5, 5.41) is 0. The molecule has 0 aliphatic carbocycles. The van der Waals surface area contributed by atoms with E-state index in [1.807, 2.05) is 0 Å². The van der Waals surface area contributed by atoms with Gasteiger partial charge in [-0.1, -0.05) is 31.9 Å². The van der Waals surface area contributed by atoms with Crippen molar-refractivity contribution in [2.75, 3.05) is 39.6 Å². The molecule has 0 N–H and O–H groups in total. The van der Waals surface area contributed by atoms with Crippen LogP contribution < -0.4 is 0 Å². The van der Waals surface area contributed by atoms with Gasteiger partial charge in [0.15, 0.2) is 0 Å². The highest BCUT2D eigenvalue weighted by Crippen LogP contribution is 2.17. The summed E-state index contributed by atoms with van der Waals surface area (Å²) in [6.45, 7) is 4.40. The van der Waals surface area contributed by atoms with Crippen LogP contribution in [0.1, 0.15) is 0 Å². The maximum atomic E-state index is 5.50. The Hall–Kier alpha value is 0.800. The van der Waals surface area contributed by atoms with Crippen molar-refractivity contribution in [3.63, 3.8) is 0 Å². The van der Waals surface area contributed by atoms with Crippen LogP contribution >= 0.6 is 31.9 Å². The van der Waals surface area contributed by atoms with Crippen LogP contribution in [0.2, 0.25) is 0 Å². The predicted molar refractivity (Wildman–Crippen MR) is 66.5 cm³/mol. The first-order valence-electron chi connectivity index (χ1n) is 5.42. The van der Waals surface area contributed by atoms with E-state index in [2.05, 4.69) is 31.9 Å². The Morgan fingerprint density at radius 1 is 0.938 bits per heavy atom. The van der Waals surface area contributed by atoms with Crippen LogP contribution in [0.25, 0.3) is 0 Å². The summed E-state index contributed by atoms with van der Waals surface area (Å²) < 4.78 is 21.1. The highest BCUT2D eigenvalue weighted by Gasteiger charge is 2.25. The van der Waals surface area contributed by atoms with Gasteiger partial charge in [0.1, 0.15) is 12.2 Å². The molecule has 2 aliphatic heterocycles. The Morgan fingerprint density at radius 3 is 1.62 bits per heavy atom. The van der Waals surface area contributed by atoms with Gasteiger partial charge in [0.25, 0.3) is 0 Å². The smallest absolute Gasteiger partial charge is 0.104 e.